The van der Waals surface area contributed by atoms with Gasteiger partial charge in [0.25, 0.3) is 5.69 Å². The van der Waals surface area contributed by atoms with Crippen LogP contribution in [0.25, 0.3) is 0 Å². The van der Waals surface area contributed by atoms with E-state index in [1.54, 1.807) is 50.4 Å². The Morgan fingerprint density at radius 3 is 2.43 bits per heavy atom. The molecule has 0 radical (unpaired) electrons. The zero-order valence-corrected chi connectivity index (χ0v) is 13.1. The van der Waals surface area contributed by atoms with Crippen LogP contribution < -0.4 is 10.2 Å². The lowest BCUT2D eigenvalue weighted by Crippen LogP contribution is -2.25. The molecule has 1 N–H and O–H groups in total. The highest BCUT2D eigenvalue weighted by Crippen LogP contribution is 2.29. The third-order valence-corrected chi connectivity index (χ3v) is 3.33. The highest BCUT2D eigenvalue weighted by atomic mass is 16.6. The van der Waals surface area contributed by atoms with Crippen LogP contribution in [0.4, 0.5) is 27.5 Å². The number of nitrogens with one attached hydrogen (secondary N) is 1. The Hall–Kier alpha value is -3.09. The zero-order chi connectivity index (χ0) is 17.0. The first-order chi connectivity index (χ1) is 10.9. The van der Waals surface area contributed by atoms with Gasteiger partial charge in [-0.1, -0.05) is 6.07 Å². The molecule has 7 heteroatoms. The van der Waals surface area contributed by atoms with Crippen molar-refractivity contribution in [1.82, 2.24) is 0 Å². The van der Waals surface area contributed by atoms with E-state index in [1.165, 1.54) is 18.1 Å². The average molecular weight is 315 g/mol. The van der Waals surface area contributed by atoms with Gasteiger partial charge in [-0.15, -0.1) is 0 Å². The summed E-state index contributed by atoms with van der Waals surface area (Å²) < 4.78 is 4.64. The number of anilines is 3. The number of nitro benzene ring substituents is 1. The number of ether oxygens (including phenoxy) is 1. The van der Waals surface area contributed by atoms with E-state index in [0.717, 1.165) is 5.56 Å². The molecule has 23 heavy (non-hydrogen) atoms. The fraction of sp³-hybridized carbons (Fsp3) is 0.188. The maximum Gasteiger partial charge on any atom is 0.413 e. The van der Waals surface area contributed by atoms with E-state index >= 15 is 0 Å². The van der Waals surface area contributed by atoms with Gasteiger partial charge in [-0.05, 0) is 42.8 Å². The summed E-state index contributed by atoms with van der Waals surface area (Å²) in [5.41, 5.74) is 2.58. The van der Waals surface area contributed by atoms with Gasteiger partial charge in [0.05, 0.1) is 12.0 Å². The van der Waals surface area contributed by atoms with Crippen molar-refractivity contribution < 1.29 is 14.5 Å². The molecule has 0 saturated carbocycles. The van der Waals surface area contributed by atoms with Crippen molar-refractivity contribution in [2.75, 3.05) is 24.4 Å². The highest BCUT2D eigenvalue weighted by molar-refractivity contribution is 5.87. The maximum atomic E-state index is 11.5. The summed E-state index contributed by atoms with van der Waals surface area (Å²) in [7, 11) is 2.91. The number of carbonyl (C=O) groups excluding carboxylic acids is 1. The molecule has 2 aromatic rings. The molecule has 0 aliphatic carbocycles. The Morgan fingerprint density at radius 2 is 1.87 bits per heavy atom. The van der Waals surface area contributed by atoms with Crippen LogP contribution in [0, 0.1) is 17.0 Å². The summed E-state index contributed by atoms with van der Waals surface area (Å²) in [4.78, 5) is 23.5. The fourth-order valence-corrected chi connectivity index (χ4v) is 2.06. The van der Waals surface area contributed by atoms with Gasteiger partial charge in [-0.2, -0.15) is 0 Å². The summed E-state index contributed by atoms with van der Waals surface area (Å²) in [6, 6.07) is 11.9. The molecular weight excluding hydrogens is 298 g/mol. The van der Waals surface area contributed by atoms with Crippen molar-refractivity contribution >= 4 is 28.8 Å². The summed E-state index contributed by atoms with van der Waals surface area (Å²) in [5.74, 6) is 0. The number of carbonyl (C=O) groups is 1. The first-order valence-electron chi connectivity index (χ1n) is 6.86. The predicted molar refractivity (Wildman–Crippen MR) is 88.4 cm³/mol. The van der Waals surface area contributed by atoms with E-state index in [2.05, 4.69) is 10.1 Å². The van der Waals surface area contributed by atoms with Crippen molar-refractivity contribution in [2.45, 2.75) is 6.92 Å². The Bertz CT molecular complexity index is 729. The second kappa shape index (κ2) is 6.78. The van der Waals surface area contributed by atoms with E-state index in [1.807, 2.05) is 0 Å². The standard InChI is InChI=1S/C16H17N3O4/c1-11-4-9-14(15(10-11)19(21)22)17-12-5-7-13(8-6-12)18(2)16(20)23-3/h4-10,17H,1-3H3. The van der Waals surface area contributed by atoms with Gasteiger partial charge in [0.1, 0.15) is 5.69 Å². The molecule has 0 fully saturated rings. The van der Waals surface area contributed by atoms with Crippen LogP contribution in [0.1, 0.15) is 5.56 Å². The number of methoxy groups -OCH3 is 1. The number of hydrogen-bond donors (Lipinski definition) is 1. The topological polar surface area (TPSA) is 84.7 Å². The molecule has 2 rings (SSSR count). The minimum absolute atomic E-state index is 0.0146. The number of nitro groups is 1. The third kappa shape index (κ3) is 3.76. The third-order valence-electron chi connectivity index (χ3n) is 3.33. The lowest BCUT2D eigenvalue weighted by Gasteiger charge is -2.16. The molecule has 0 saturated heterocycles. The van der Waals surface area contributed by atoms with Gasteiger partial charge in [-0.3, -0.25) is 15.0 Å². The Kier molecular flexibility index (Phi) is 4.80. The quantitative estimate of drug-likeness (QED) is 0.684. The molecule has 0 aliphatic rings. The first kappa shape index (κ1) is 16.3. The lowest BCUT2D eigenvalue weighted by atomic mass is 10.2. The van der Waals surface area contributed by atoms with Gasteiger partial charge >= 0.3 is 6.09 Å². The summed E-state index contributed by atoms with van der Waals surface area (Å²) >= 11 is 0. The number of rotatable bonds is 4. The second-order valence-electron chi connectivity index (χ2n) is 4.98. The lowest BCUT2D eigenvalue weighted by molar-refractivity contribution is -0.384. The number of benzene rings is 2. The van der Waals surface area contributed by atoms with Gasteiger partial charge in [0.15, 0.2) is 0 Å². The molecule has 7 nitrogen and oxygen atoms in total. The molecule has 0 unspecified atom stereocenters. The maximum absolute atomic E-state index is 11.5. The second-order valence-corrected chi connectivity index (χ2v) is 4.98. The largest absolute Gasteiger partial charge is 0.452 e. The Balaban J connectivity index is 2.22. The Labute approximate surface area is 133 Å². The smallest absolute Gasteiger partial charge is 0.413 e. The summed E-state index contributed by atoms with van der Waals surface area (Å²) in [6.45, 7) is 1.80. The molecule has 0 aliphatic heterocycles. The number of aryl methyl sites for hydroxylation is 1. The van der Waals surface area contributed by atoms with E-state index in [0.29, 0.717) is 17.1 Å². The minimum atomic E-state index is -0.472. The van der Waals surface area contributed by atoms with Crippen LogP contribution in [0.15, 0.2) is 42.5 Å². The van der Waals surface area contributed by atoms with Crippen molar-refractivity contribution in [3.05, 3.63) is 58.1 Å². The number of hydrogen-bond acceptors (Lipinski definition) is 5. The molecule has 0 spiro atoms. The molecule has 1 amide bonds. The van der Waals surface area contributed by atoms with Gasteiger partial charge < -0.3 is 10.1 Å². The monoisotopic (exact) mass is 315 g/mol. The van der Waals surface area contributed by atoms with E-state index in [4.69, 9.17) is 0 Å². The normalized spacial score (nSPS) is 10.0. The zero-order valence-electron chi connectivity index (χ0n) is 13.1. The first-order valence-corrected chi connectivity index (χ1v) is 6.86. The minimum Gasteiger partial charge on any atom is -0.452 e. The SMILES string of the molecule is COC(=O)N(C)c1ccc(Nc2ccc(C)cc2[N+](=O)[O-])cc1. The van der Waals surface area contributed by atoms with E-state index < -0.39 is 11.0 Å². The van der Waals surface area contributed by atoms with Gasteiger partial charge in [0.2, 0.25) is 0 Å². The van der Waals surface area contributed by atoms with Gasteiger partial charge in [0, 0.05) is 24.5 Å². The van der Waals surface area contributed by atoms with Gasteiger partial charge in [-0.25, -0.2) is 4.79 Å². The van der Waals surface area contributed by atoms with Crippen molar-refractivity contribution in [3.8, 4) is 0 Å². The molecular formula is C16H17N3O4. The Morgan fingerprint density at radius 1 is 1.22 bits per heavy atom. The molecule has 120 valence electrons. The fourth-order valence-electron chi connectivity index (χ4n) is 2.06. The van der Waals surface area contributed by atoms with Crippen molar-refractivity contribution in [3.63, 3.8) is 0 Å². The van der Waals surface area contributed by atoms with Crippen LogP contribution in [-0.4, -0.2) is 25.2 Å². The van der Waals surface area contributed by atoms with Crippen LogP contribution >= 0.6 is 0 Å². The molecule has 0 aromatic heterocycles. The predicted octanol–water partition coefficient (Wildman–Crippen LogP) is 3.85. The molecule has 0 bridgehead atoms. The molecule has 2 aromatic carbocycles. The summed E-state index contributed by atoms with van der Waals surface area (Å²) in [6.07, 6.45) is -0.472. The average Bonchev–Trinajstić information content (AvgIpc) is 2.55. The van der Waals surface area contributed by atoms with Crippen molar-refractivity contribution in [1.29, 1.82) is 0 Å². The molecule has 0 atom stereocenters. The number of amides is 1. The van der Waals surface area contributed by atoms with Crippen molar-refractivity contribution in [2.24, 2.45) is 0 Å². The highest BCUT2D eigenvalue weighted by Gasteiger charge is 2.14. The number of nitrogens with zero attached hydrogens (tertiary/aromatic N) is 2. The molecule has 0 heterocycles. The van der Waals surface area contributed by atoms with E-state index in [9.17, 15) is 14.9 Å². The van der Waals surface area contributed by atoms with Crippen LogP contribution in [-0.2, 0) is 4.74 Å². The van der Waals surface area contributed by atoms with Crippen LogP contribution in [0.3, 0.4) is 0 Å². The van der Waals surface area contributed by atoms with Crippen LogP contribution in [0.2, 0.25) is 0 Å². The summed E-state index contributed by atoms with van der Waals surface area (Å²) in [5, 5.41) is 14.1. The van der Waals surface area contributed by atoms with Crippen LogP contribution in [0.5, 0.6) is 0 Å². The van der Waals surface area contributed by atoms with E-state index in [-0.39, 0.29) is 5.69 Å².